The number of nitrogens with one attached hydrogen (secondary N) is 1. The molecule has 160 valence electrons. The van der Waals surface area contributed by atoms with Crippen molar-refractivity contribution >= 4 is 17.9 Å². The minimum Gasteiger partial charge on any atom is -0.466 e. The number of benzene rings is 2. The van der Waals surface area contributed by atoms with Crippen LogP contribution in [-0.4, -0.2) is 32.1 Å². The molecule has 0 saturated carbocycles. The van der Waals surface area contributed by atoms with Crippen LogP contribution in [0.25, 0.3) is 0 Å². The zero-order valence-corrected chi connectivity index (χ0v) is 17.7. The van der Waals surface area contributed by atoms with Crippen molar-refractivity contribution in [2.45, 2.75) is 19.8 Å². The molecule has 0 aromatic heterocycles. The van der Waals surface area contributed by atoms with Gasteiger partial charge in [0.05, 0.1) is 36.8 Å². The van der Waals surface area contributed by atoms with Crippen LogP contribution < -0.4 is 10.1 Å². The van der Waals surface area contributed by atoms with Crippen LogP contribution in [0.15, 0.2) is 77.1 Å². The van der Waals surface area contributed by atoms with Crippen molar-refractivity contribution in [1.29, 1.82) is 0 Å². The first-order valence-corrected chi connectivity index (χ1v) is 9.59. The van der Waals surface area contributed by atoms with E-state index in [1.54, 1.807) is 68.4 Å². The largest absolute Gasteiger partial charge is 0.466 e. The Morgan fingerprint density at radius 3 is 1.90 bits per heavy atom. The molecule has 0 unspecified atom stereocenters. The summed E-state index contributed by atoms with van der Waals surface area (Å²) in [6.45, 7) is 3.46. The number of methoxy groups -OCH3 is 2. The lowest BCUT2D eigenvalue weighted by Gasteiger charge is -2.30. The maximum absolute atomic E-state index is 12.6. The normalized spacial score (nSPS) is 14.1. The SMILES string of the molecule is COC(=O)C1=C(C)NC(C)=C(C(=O)OC)C1c1cccc(OC(=O)c2ccccc2)c1. The van der Waals surface area contributed by atoms with Crippen LogP contribution in [0.2, 0.25) is 0 Å². The molecule has 7 nitrogen and oxygen atoms in total. The average Bonchev–Trinajstić information content (AvgIpc) is 2.78. The maximum atomic E-state index is 12.6. The van der Waals surface area contributed by atoms with Gasteiger partial charge < -0.3 is 19.5 Å². The number of carbonyl (C=O) groups excluding carboxylic acids is 3. The molecule has 0 atom stereocenters. The monoisotopic (exact) mass is 421 g/mol. The Morgan fingerprint density at radius 2 is 1.35 bits per heavy atom. The third-order valence-electron chi connectivity index (χ3n) is 4.98. The van der Waals surface area contributed by atoms with Crippen LogP contribution in [0.3, 0.4) is 0 Å². The van der Waals surface area contributed by atoms with Crippen molar-refractivity contribution < 1.29 is 28.6 Å². The quantitative estimate of drug-likeness (QED) is 0.584. The number of rotatable bonds is 5. The van der Waals surface area contributed by atoms with E-state index in [0.29, 0.717) is 22.5 Å². The van der Waals surface area contributed by atoms with Gasteiger partial charge in [-0.25, -0.2) is 14.4 Å². The second kappa shape index (κ2) is 9.30. The van der Waals surface area contributed by atoms with Crippen molar-refractivity contribution in [3.63, 3.8) is 0 Å². The Kier molecular flexibility index (Phi) is 6.55. The van der Waals surface area contributed by atoms with Crippen LogP contribution in [-0.2, 0) is 19.1 Å². The summed E-state index contributed by atoms with van der Waals surface area (Å²) >= 11 is 0. The number of hydrogen-bond acceptors (Lipinski definition) is 7. The number of ether oxygens (including phenoxy) is 3. The third kappa shape index (κ3) is 4.50. The van der Waals surface area contributed by atoms with Crippen LogP contribution in [0, 0.1) is 0 Å². The van der Waals surface area contributed by atoms with Crippen molar-refractivity contribution in [2.75, 3.05) is 14.2 Å². The van der Waals surface area contributed by atoms with E-state index in [4.69, 9.17) is 14.2 Å². The summed E-state index contributed by atoms with van der Waals surface area (Å²) < 4.78 is 15.4. The Balaban J connectivity index is 2.05. The molecule has 31 heavy (non-hydrogen) atoms. The highest BCUT2D eigenvalue weighted by molar-refractivity contribution is 6.00. The topological polar surface area (TPSA) is 90.9 Å². The third-order valence-corrected chi connectivity index (χ3v) is 4.98. The summed E-state index contributed by atoms with van der Waals surface area (Å²) in [4.78, 5) is 37.6. The van der Waals surface area contributed by atoms with Crippen LogP contribution in [0.4, 0.5) is 0 Å². The molecule has 0 bridgehead atoms. The van der Waals surface area contributed by atoms with Crippen molar-refractivity contribution in [3.05, 3.63) is 88.3 Å². The summed E-state index contributed by atoms with van der Waals surface area (Å²) in [5.41, 5.74) is 2.67. The molecule has 2 aromatic carbocycles. The van der Waals surface area contributed by atoms with Crippen molar-refractivity contribution in [2.24, 2.45) is 0 Å². The van der Waals surface area contributed by atoms with E-state index >= 15 is 0 Å². The minimum atomic E-state index is -0.753. The van der Waals surface area contributed by atoms with Gasteiger partial charge in [0.25, 0.3) is 0 Å². The molecule has 0 aliphatic carbocycles. The van der Waals surface area contributed by atoms with Gasteiger partial charge in [-0.2, -0.15) is 0 Å². The Morgan fingerprint density at radius 1 is 0.774 bits per heavy atom. The average molecular weight is 421 g/mol. The number of dihydropyridines is 1. The summed E-state index contributed by atoms with van der Waals surface area (Å²) in [6, 6.07) is 15.3. The molecular formula is C24H23NO6. The van der Waals surface area contributed by atoms with Gasteiger partial charge >= 0.3 is 17.9 Å². The smallest absolute Gasteiger partial charge is 0.343 e. The van der Waals surface area contributed by atoms with E-state index < -0.39 is 23.8 Å². The molecule has 7 heteroatoms. The molecule has 0 radical (unpaired) electrons. The van der Waals surface area contributed by atoms with E-state index in [1.165, 1.54) is 14.2 Å². The van der Waals surface area contributed by atoms with Gasteiger partial charge in [0, 0.05) is 11.4 Å². The first kappa shape index (κ1) is 21.8. The molecule has 1 aliphatic rings. The second-order valence-electron chi connectivity index (χ2n) is 6.95. The van der Waals surface area contributed by atoms with Gasteiger partial charge in [0.2, 0.25) is 0 Å². The fourth-order valence-electron chi connectivity index (χ4n) is 3.59. The predicted molar refractivity (Wildman–Crippen MR) is 113 cm³/mol. The number of hydrogen-bond donors (Lipinski definition) is 1. The van der Waals surface area contributed by atoms with E-state index in [0.717, 1.165) is 0 Å². The molecule has 0 spiro atoms. The van der Waals surface area contributed by atoms with E-state index in [-0.39, 0.29) is 16.9 Å². The molecular weight excluding hydrogens is 398 g/mol. The Labute approximate surface area is 180 Å². The minimum absolute atomic E-state index is 0.278. The van der Waals surface area contributed by atoms with Gasteiger partial charge in [-0.05, 0) is 43.7 Å². The fourth-order valence-corrected chi connectivity index (χ4v) is 3.59. The van der Waals surface area contributed by atoms with E-state index in [1.807, 2.05) is 0 Å². The van der Waals surface area contributed by atoms with Crippen LogP contribution in [0.1, 0.15) is 35.7 Å². The van der Waals surface area contributed by atoms with Gasteiger partial charge in [-0.1, -0.05) is 30.3 Å². The second-order valence-corrected chi connectivity index (χ2v) is 6.95. The van der Waals surface area contributed by atoms with Crippen molar-refractivity contribution in [1.82, 2.24) is 5.32 Å². The Bertz CT molecular complexity index is 1050. The molecule has 1 heterocycles. The lowest BCUT2D eigenvalue weighted by Crippen LogP contribution is -2.32. The zero-order chi connectivity index (χ0) is 22.5. The molecule has 1 aliphatic heterocycles. The molecule has 1 N–H and O–H groups in total. The lowest BCUT2D eigenvalue weighted by molar-refractivity contribution is -0.137. The summed E-state index contributed by atoms with van der Waals surface area (Å²) in [6.07, 6.45) is 0. The number of esters is 3. The van der Waals surface area contributed by atoms with Gasteiger partial charge in [-0.3, -0.25) is 0 Å². The number of allylic oxidation sites excluding steroid dienone is 2. The van der Waals surface area contributed by atoms with Crippen LogP contribution in [0.5, 0.6) is 5.75 Å². The molecule has 0 fully saturated rings. The maximum Gasteiger partial charge on any atom is 0.343 e. The highest BCUT2D eigenvalue weighted by Gasteiger charge is 2.37. The van der Waals surface area contributed by atoms with Gasteiger partial charge in [0.15, 0.2) is 0 Å². The number of carbonyl (C=O) groups is 3. The highest BCUT2D eigenvalue weighted by atomic mass is 16.5. The standard InChI is InChI=1S/C24H23NO6/c1-14-19(23(27)29-3)21(20(15(2)25-14)24(28)30-4)17-11-8-12-18(13-17)31-22(26)16-9-6-5-7-10-16/h5-13,21,25H,1-4H3. The molecule has 3 rings (SSSR count). The molecule has 2 aromatic rings. The summed E-state index contributed by atoms with van der Waals surface area (Å²) in [5, 5.41) is 3.05. The molecule has 0 saturated heterocycles. The zero-order valence-electron chi connectivity index (χ0n) is 17.7. The molecule has 0 amide bonds. The first-order valence-electron chi connectivity index (χ1n) is 9.59. The van der Waals surface area contributed by atoms with E-state index in [2.05, 4.69) is 5.32 Å². The van der Waals surface area contributed by atoms with Gasteiger partial charge in [0.1, 0.15) is 5.75 Å². The Hall–Kier alpha value is -3.87. The summed E-state index contributed by atoms with van der Waals surface area (Å²) in [7, 11) is 2.56. The highest BCUT2D eigenvalue weighted by Crippen LogP contribution is 2.40. The van der Waals surface area contributed by atoms with Crippen LogP contribution >= 0.6 is 0 Å². The van der Waals surface area contributed by atoms with Crippen molar-refractivity contribution in [3.8, 4) is 5.75 Å². The van der Waals surface area contributed by atoms with E-state index in [9.17, 15) is 14.4 Å². The fraction of sp³-hybridized carbons (Fsp3) is 0.208. The van der Waals surface area contributed by atoms with Gasteiger partial charge in [-0.15, -0.1) is 0 Å². The summed E-state index contributed by atoms with van der Waals surface area (Å²) in [5.74, 6) is -2.13. The predicted octanol–water partition coefficient (Wildman–Crippen LogP) is 3.49. The lowest BCUT2D eigenvalue weighted by atomic mass is 9.80. The first-order chi connectivity index (χ1) is 14.9.